The predicted molar refractivity (Wildman–Crippen MR) is 49.9 cm³/mol. The molecule has 0 aromatic carbocycles. The van der Waals surface area contributed by atoms with Crippen molar-refractivity contribution < 1.29 is 4.74 Å². The van der Waals surface area contributed by atoms with Crippen LogP contribution in [0.5, 0.6) is 6.01 Å². The van der Waals surface area contributed by atoms with Crippen molar-refractivity contribution in [3.05, 3.63) is 11.8 Å². The van der Waals surface area contributed by atoms with E-state index in [1.165, 1.54) is 0 Å². The van der Waals surface area contributed by atoms with E-state index < -0.39 is 0 Å². The van der Waals surface area contributed by atoms with E-state index in [4.69, 9.17) is 10.1 Å². The van der Waals surface area contributed by atoms with Crippen molar-refractivity contribution in [2.45, 2.75) is 0 Å². The van der Waals surface area contributed by atoms with Crippen LogP contribution >= 0.6 is 0 Å². The topological polar surface area (TPSA) is 68.7 Å². The smallest absolute Gasteiger partial charge is 0.298 e. The summed E-state index contributed by atoms with van der Waals surface area (Å²) in [5.41, 5.74) is 1.54. The van der Waals surface area contributed by atoms with Gasteiger partial charge in [-0.1, -0.05) is 0 Å². The normalized spacial score (nSPS) is 10.8. The third-order valence-electron chi connectivity index (χ3n) is 2.12. The van der Waals surface area contributed by atoms with Gasteiger partial charge in [-0.25, -0.2) is 4.98 Å². The van der Waals surface area contributed by atoms with Crippen LogP contribution < -0.4 is 10.2 Å². The maximum atomic E-state index is 7.59. The second kappa shape index (κ2) is 2.83. The monoisotopic (exact) mass is 193 g/mol. The van der Waals surface area contributed by atoms with E-state index in [9.17, 15) is 0 Å². The lowest BCUT2D eigenvalue weighted by atomic mass is 10.5. The molecule has 2 aromatic heterocycles. The molecule has 2 aromatic rings. The maximum Gasteiger partial charge on any atom is 0.298 e. The van der Waals surface area contributed by atoms with Gasteiger partial charge in [-0.05, 0) is 0 Å². The van der Waals surface area contributed by atoms with Crippen molar-refractivity contribution in [3.8, 4) is 6.01 Å². The molecule has 0 aliphatic carbocycles. The average Bonchev–Trinajstić information content (AvgIpc) is 2.51. The lowest BCUT2D eigenvalue weighted by molar-refractivity contribution is 0.368. The zero-order valence-electron chi connectivity index (χ0n) is 8.27. The zero-order valence-corrected chi connectivity index (χ0v) is 8.27. The van der Waals surface area contributed by atoms with Crippen molar-refractivity contribution in [3.63, 3.8) is 0 Å². The quantitative estimate of drug-likeness (QED) is 0.681. The summed E-state index contributed by atoms with van der Waals surface area (Å²) in [5, 5.41) is 7.59. The molecule has 0 aliphatic heterocycles. The van der Waals surface area contributed by atoms with Gasteiger partial charge in [0.05, 0.1) is 13.4 Å². The van der Waals surface area contributed by atoms with Crippen LogP contribution in [0.2, 0.25) is 0 Å². The van der Waals surface area contributed by atoms with E-state index >= 15 is 0 Å². The van der Waals surface area contributed by atoms with Crippen molar-refractivity contribution in [2.75, 3.05) is 7.11 Å². The number of rotatable bonds is 1. The van der Waals surface area contributed by atoms with Crippen LogP contribution in [0.3, 0.4) is 0 Å². The second-order valence-corrected chi connectivity index (χ2v) is 3.03. The Morgan fingerprint density at radius 3 is 2.71 bits per heavy atom. The number of hydrogen-bond acceptors (Lipinski definition) is 4. The summed E-state index contributed by atoms with van der Waals surface area (Å²) in [6.07, 6.45) is 1.59. The van der Waals surface area contributed by atoms with Crippen molar-refractivity contribution in [1.29, 1.82) is 5.41 Å². The highest BCUT2D eigenvalue weighted by Gasteiger charge is 2.11. The Kier molecular flexibility index (Phi) is 1.77. The summed E-state index contributed by atoms with van der Waals surface area (Å²) in [6, 6.07) is 0.483. The molecule has 0 fully saturated rings. The lowest BCUT2D eigenvalue weighted by Gasteiger charge is -2.02. The Hall–Kier alpha value is -1.85. The summed E-state index contributed by atoms with van der Waals surface area (Å²) >= 11 is 0. The van der Waals surface area contributed by atoms with E-state index in [0.717, 1.165) is 5.65 Å². The highest BCUT2D eigenvalue weighted by Crippen LogP contribution is 2.14. The van der Waals surface area contributed by atoms with Crippen molar-refractivity contribution in [2.24, 2.45) is 14.1 Å². The third-order valence-corrected chi connectivity index (χ3v) is 2.12. The SMILES string of the molecule is COc1nc2c(=N)ncn(C)c2n1C. The minimum atomic E-state index is 0.164. The molecule has 6 nitrogen and oxygen atoms in total. The van der Waals surface area contributed by atoms with Crippen LogP contribution in [0.1, 0.15) is 0 Å². The van der Waals surface area contributed by atoms with Crippen LogP contribution in [0.25, 0.3) is 11.2 Å². The van der Waals surface area contributed by atoms with Crippen LogP contribution in [-0.2, 0) is 14.1 Å². The second-order valence-electron chi connectivity index (χ2n) is 3.03. The number of nitrogens with one attached hydrogen (secondary N) is 1. The first-order valence-electron chi connectivity index (χ1n) is 4.11. The Morgan fingerprint density at radius 2 is 2.14 bits per heavy atom. The molecule has 0 unspecified atom stereocenters. The van der Waals surface area contributed by atoms with Gasteiger partial charge in [-0.2, -0.15) is 4.98 Å². The van der Waals surface area contributed by atoms with Crippen molar-refractivity contribution >= 4 is 11.2 Å². The molecular weight excluding hydrogens is 182 g/mol. The maximum absolute atomic E-state index is 7.59. The van der Waals surface area contributed by atoms with E-state index in [0.29, 0.717) is 11.5 Å². The van der Waals surface area contributed by atoms with Gasteiger partial charge in [0.2, 0.25) is 0 Å². The van der Waals surface area contributed by atoms with Gasteiger partial charge in [0.15, 0.2) is 11.0 Å². The Bertz CT molecular complexity index is 538. The molecule has 0 atom stereocenters. The third kappa shape index (κ3) is 1.00. The van der Waals surface area contributed by atoms with Gasteiger partial charge in [-0.3, -0.25) is 9.98 Å². The summed E-state index contributed by atoms with van der Waals surface area (Å²) in [7, 11) is 5.25. The first-order chi connectivity index (χ1) is 6.65. The van der Waals surface area contributed by atoms with Crippen LogP contribution in [0.15, 0.2) is 6.33 Å². The highest BCUT2D eigenvalue weighted by atomic mass is 16.5. The average molecular weight is 193 g/mol. The Balaban J connectivity index is 2.98. The fourth-order valence-corrected chi connectivity index (χ4v) is 1.48. The largest absolute Gasteiger partial charge is 0.468 e. The Labute approximate surface area is 80.3 Å². The molecule has 0 amide bonds. The van der Waals surface area contributed by atoms with Crippen LogP contribution in [0, 0.1) is 5.41 Å². The summed E-state index contributed by atoms with van der Waals surface area (Å²) < 4.78 is 8.66. The molecular formula is C8H11N5O. The molecule has 0 radical (unpaired) electrons. The standard InChI is InChI=1S/C8H11N5O/c1-12-4-10-6(9)5-7(12)13(2)8(11-5)14-3/h4,9H,1-3H3. The van der Waals surface area contributed by atoms with Gasteiger partial charge in [0, 0.05) is 14.1 Å². The number of hydrogen-bond donors (Lipinski definition) is 1. The number of nitrogens with zero attached hydrogens (tertiary/aromatic N) is 4. The van der Waals surface area contributed by atoms with E-state index in [1.807, 2.05) is 18.7 Å². The van der Waals surface area contributed by atoms with Crippen molar-refractivity contribution in [1.82, 2.24) is 19.1 Å². The lowest BCUT2D eigenvalue weighted by Crippen LogP contribution is -2.11. The molecule has 0 aliphatic rings. The van der Waals surface area contributed by atoms with Gasteiger partial charge >= 0.3 is 0 Å². The molecule has 14 heavy (non-hydrogen) atoms. The minimum absolute atomic E-state index is 0.164. The summed E-state index contributed by atoms with van der Waals surface area (Å²) in [6.45, 7) is 0. The predicted octanol–water partition coefficient (Wildman–Crippen LogP) is -0.205. The molecule has 0 saturated heterocycles. The van der Waals surface area contributed by atoms with E-state index in [2.05, 4.69) is 9.97 Å². The molecule has 1 N–H and O–H groups in total. The minimum Gasteiger partial charge on any atom is -0.468 e. The van der Waals surface area contributed by atoms with Gasteiger partial charge in [-0.15, -0.1) is 0 Å². The van der Waals surface area contributed by atoms with Gasteiger partial charge in [0.25, 0.3) is 6.01 Å². The molecule has 2 heterocycles. The number of ether oxygens (including phenoxy) is 1. The first-order valence-corrected chi connectivity index (χ1v) is 4.11. The van der Waals surface area contributed by atoms with Gasteiger partial charge < -0.3 is 9.30 Å². The van der Waals surface area contributed by atoms with Crippen LogP contribution in [0.4, 0.5) is 0 Å². The number of aromatic nitrogens is 4. The fourth-order valence-electron chi connectivity index (χ4n) is 1.48. The van der Waals surface area contributed by atoms with Crippen LogP contribution in [-0.4, -0.2) is 26.2 Å². The molecule has 0 saturated carbocycles. The van der Waals surface area contributed by atoms with Gasteiger partial charge in [0.1, 0.15) is 5.65 Å². The number of methoxy groups -OCH3 is 1. The number of imidazole rings is 1. The highest BCUT2D eigenvalue weighted by molar-refractivity contribution is 5.70. The first kappa shape index (κ1) is 8.74. The number of aryl methyl sites for hydroxylation is 2. The number of fused-ring (bicyclic) bond motifs is 1. The molecule has 74 valence electrons. The fraction of sp³-hybridized carbons (Fsp3) is 0.375. The van der Waals surface area contributed by atoms with E-state index in [1.54, 1.807) is 18.0 Å². The summed E-state index contributed by atoms with van der Waals surface area (Å²) in [4.78, 5) is 8.05. The molecule has 6 heteroatoms. The molecule has 0 spiro atoms. The Morgan fingerprint density at radius 1 is 1.43 bits per heavy atom. The summed E-state index contributed by atoms with van der Waals surface area (Å²) in [5.74, 6) is 0. The molecule has 0 bridgehead atoms. The zero-order chi connectivity index (χ0) is 10.3. The van der Waals surface area contributed by atoms with E-state index in [-0.39, 0.29) is 5.49 Å². The molecule has 2 rings (SSSR count).